The smallest absolute Gasteiger partial charge is 0.376 e. The number of nitrogens with zero attached hydrogens (tertiary/aromatic N) is 1. The minimum atomic E-state index is -1.71. The summed E-state index contributed by atoms with van der Waals surface area (Å²) in [6.07, 6.45) is 2.00. The average molecular weight is 377 g/mol. The second-order valence-corrected chi connectivity index (χ2v) is 6.71. The van der Waals surface area contributed by atoms with Gasteiger partial charge in [0.15, 0.2) is 5.43 Å². The molecule has 0 spiro atoms. The SMILES string of the molecule is Cc1cc(C)cc(Cn2cc(C(O)=CC(=O)C(=O)O)c(=O)c3ccccc32)c1. The van der Waals surface area contributed by atoms with E-state index in [0.717, 1.165) is 16.7 Å². The maximum Gasteiger partial charge on any atom is 0.376 e. The number of carbonyl (C=O) groups excluding carboxylic acids is 1. The number of hydrogen-bond donors (Lipinski definition) is 2. The summed E-state index contributed by atoms with van der Waals surface area (Å²) in [5.41, 5.74) is 3.30. The molecule has 0 saturated heterocycles. The number of benzene rings is 2. The van der Waals surface area contributed by atoms with Crippen LogP contribution in [0.15, 0.2) is 59.5 Å². The van der Waals surface area contributed by atoms with E-state index in [1.54, 1.807) is 22.8 Å². The number of hydrogen-bond acceptors (Lipinski definition) is 4. The van der Waals surface area contributed by atoms with Crippen LogP contribution in [0.2, 0.25) is 0 Å². The third kappa shape index (κ3) is 3.86. The first-order valence-corrected chi connectivity index (χ1v) is 8.64. The number of aliphatic hydroxyl groups is 1. The number of carboxylic acid groups (broad SMARTS) is 1. The minimum absolute atomic E-state index is 0.127. The molecule has 2 N–H and O–H groups in total. The molecule has 3 aromatic rings. The maximum atomic E-state index is 12.8. The van der Waals surface area contributed by atoms with Gasteiger partial charge in [-0.3, -0.25) is 9.59 Å². The third-order valence-corrected chi connectivity index (χ3v) is 4.38. The van der Waals surface area contributed by atoms with Crippen molar-refractivity contribution in [1.29, 1.82) is 0 Å². The number of aromatic nitrogens is 1. The number of aryl methyl sites for hydroxylation is 2. The molecule has 0 aliphatic heterocycles. The summed E-state index contributed by atoms with van der Waals surface area (Å²) in [5.74, 6) is -3.67. The number of carboxylic acids is 1. The van der Waals surface area contributed by atoms with Crippen LogP contribution in [0, 0.1) is 13.8 Å². The predicted octanol–water partition coefficient (Wildman–Crippen LogP) is 3.22. The Kier molecular flexibility index (Phi) is 5.13. The van der Waals surface area contributed by atoms with Gasteiger partial charge in [-0.25, -0.2) is 4.79 Å². The van der Waals surface area contributed by atoms with Crippen molar-refractivity contribution in [2.24, 2.45) is 0 Å². The van der Waals surface area contributed by atoms with Gasteiger partial charge in [0.05, 0.1) is 11.1 Å². The van der Waals surface area contributed by atoms with E-state index < -0.39 is 22.9 Å². The summed E-state index contributed by atoms with van der Waals surface area (Å²) in [7, 11) is 0. The van der Waals surface area contributed by atoms with Gasteiger partial charge in [-0.05, 0) is 31.5 Å². The van der Waals surface area contributed by atoms with E-state index in [1.165, 1.54) is 6.20 Å². The molecule has 0 aliphatic carbocycles. The lowest BCUT2D eigenvalue weighted by Crippen LogP contribution is -2.16. The Balaban J connectivity index is 2.19. The van der Waals surface area contributed by atoms with Gasteiger partial charge >= 0.3 is 5.97 Å². The van der Waals surface area contributed by atoms with E-state index in [2.05, 4.69) is 6.07 Å². The second-order valence-electron chi connectivity index (χ2n) is 6.71. The fourth-order valence-corrected chi connectivity index (χ4v) is 3.28. The first-order valence-electron chi connectivity index (χ1n) is 8.64. The molecule has 6 nitrogen and oxygen atoms in total. The van der Waals surface area contributed by atoms with E-state index >= 15 is 0 Å². The van der Waals surface area contributed by atoms with Crippen molar-refractivity contribution in [3.05, 3.63) is 87.2 Å². The minimum Gasteiger partial charge on any atom is -0.507 e. The van der Waals surface area contributed by atoms with Gasteiger partial charge in [-0.15, -0.1) is 0 Å². The summed E-state index contributed by atoms with van der Waals surface area (Å²) >= 11 is 0. The first kappa shape index (κ1) is 19.1. The third-order valence-electron chi connectivity index (χ3n) is 4.38. The number of rotatable bonds is 5. The monoisotopic (exact) mass is 377 g/mol. The lowest BCUT2D eigenvalue weighted by atomic mass is 10.1. The molecule has 6 heteroatoms. The summed E-state index contributed by atoms with van der Waals surface area (Å²) in [6.45, 7) is 4.44. The molecule has 0 bridgehead atoms. The molecule has 0 unspecified atom stereocenters. The van der Waals surface area contributed by atoms with E-state index in [9.17, 15) is 19.5 Å². The lowest BCUT2D eigenvalue weighted by molar-refractivity contribution is -0.146. The van der Waals surface area contributed by atoms with Crippen LogP contribution in [0.3, 0.4) is 0 Å². The molecule has 0 atom stereocenters. The van der Waals surface area contributed by atoms with E-state index in [-0.39, 0.29) is 5.56 Å². The van der Waals surface area contributed by atoms with Gasteiger partial charge < -0.3 is 14.8 Å². The van der Waals surface area contributed by atoms with E-state index in [1.807, 2.05) is 32.0 Å². The molecule has 28 heavy (non-hydrogen) atoms. The van der Waals surface area contributed by atoms with Crippen LogP contribution in [0.1, 0.15) is 22.3 Å². The zero-order chi connectivity index (χ0) is 20.4. The fourth-order valence-electron chi connectivity index (χ4n) is 3.28. The second kappa shape index (κ2) is 7.52. The van der Waals surface area contributed by atoms with Crippen molar-refractivity contribution in [3.63, 3.8) is 0 Å². The molecule has 0 aliphatic rings. The number of aliphatic carboxylic acids is 1. The largest absolute Gasteiger partial charge is 0.507 e. The Labute approximate surface area is 161 Å². The highest BCUT2D eigenvalue weighted by Crippen LogP contribution is 2.18. The molecule has 0 fully saturated rings. The maximum absolute atomic E-state index is 12.8. The number of fused-ring (bicyclic) bond motifs is 1. The van der Waals surface area contributed by atoms with Crippen LogP contribution in [0.5, 0.6) is 0 Å². The van der Waals surface area contributed by atoms with Gasteiger partial charge in [0.25, 0.3) is 5.78 Å². The van der Waals surface area contributed by atoms with Crippen LogP contribution >= 0.6 is 0 Å². The van der Waals surface area contributed by atoms with Crippen molar-refractivity contribution in [2.45, 2.75) is 20.4 Å². The van der Waals surface area contributed by atoms with Crippen molar-refractivity contribution in [3.8, 4) is 0 Å². The summed E-state index contributed by atoms with van der Waals surface area (Å²) in [5, 5.41) is 19.3. The van der Waals surface area contributed by atoms with Gasteiger partial charge in [0, 0.05) is 24.2 Å². The molecule has 142 valence electrons. The van der Waals surface area contributed by atoms with Crippen LogP contribution in [0.4, 0.5) is 0 Å². The van der Waals surface area contributed by atoms with E-state index in [4.69, 9.17) is 5.11 Å². The molecular weight excluding hydrogens is 358 g/mol. The van der Waals surface area contributed by atoms with Crippen LogP contribution in [-0.4, -0.2) is 26.5 Å². The standard InChI is InChI=1S/C22H19NO5/c1-13-7-14(2)9-15(8-13)11-23-12-17(19(24)10-20(25)22(27)28)21(26)16-5-3-4-6-18(16)23/h3-10,12,24H,11H2,1-2H3,(H,27,28). The average Bonchev–Trinajstić information content (AvgIpc) is 2.63. The van der Waals surface area contributed by atoms with Gasteiger partial charge in [0.2, 0.25) is 0 Å². The number of aliphatic hydroxyl groups excluding tert-OH is 1. The molecule has 1 aromatic heterocycles. The fraction of sp³-hybridized carbons (Fsp3) is 0.136. The lowest BCUT2D eigenvalue weighted by Gasteiger charge is -2.14. The van der Waals surface area contributed by atoms with Crippen molar-refractivity contribution >= 4 is 28.4 Å². The van der Waals surface area contributed by atoms with Gasteiger partial charge in [-0.2, -0.15) is 0 Å². The van der Waals surface area contributed by atoms with Crippen molar-refractivity contribution in [2.75, 3.05) is 0 Å². The van der Waals surface area contributed by atoms with Crippen molar-refractivity contribution in [1.82, 2.24) is 4.57 Å². The molecule has 2 aromatic carbocycles. The molecule has 0 saturated carbocycles. The molecule has 0 amide bonds. The number of pyridine rings is 1. The van der Waals surface area contributed by atoms with Gasteiger partial charge in [-0.1, -0.05) is 41.5 Å². The van der Waals surface area contributed by atoms with Crippen LogP contribution < -0.4 is 5.43 Å². The Hall–Kier alpha value is -3.67. The number of carbonyl (C=O) groups is 2. The highest BCUT2D eigenvalue weighted by molar-refractivity contribution is 6.38. The topological polar surface area (TPSA) is 96.6 Å². The quantitative estimate of drug-likeness (QED) is 0.404. The summed E-state index contributed by atoms with van der Waals surface area (Å²) in [6, 6.07) is 13.1. The normalized spacial score (nSPS) is 11.6. The van der Waals surface area contributed by atoms with Crippen LogP contribution in [0.25, 0.3) is 16.7 Å². The van der Waals surface area contributed by atoms with Crippen molar-refractivity contribution < 1.29 is 19.8 Å². The molecule has 1 heterocycles. The van der Waals surface area contributed by atoms with Gasteiger partial charge in [0.1, 0.15) is 5.76 Å². The Bertz CT molecular complexity index is 1170. The zero-order valence-electron chi connectivity index (χ0n) is 15.5. The summed E-state index contributed by atoms with van der Waals surface area (Å²) in [4.78, 5) is 34.9. The summed E-state index contributed by atoms with van der Waals surface area (Å²) < 4.78 is 1.80. The molecule has 3 rings (SSSR count). The Morgan fingerprint density at radius 1 is 1.04 bits per heavy atom. The van der Waals surface area contributed by atoms with E-state index in [0.29, 0.717) is 23.5 Å². The van der Waals surface area contributed by atoms with Crippen LogP contribution in [-0.2, 0) is 16.1 Å². The zero-order valence-corrected chi connectivity index (χ0v) is 15.5. The Morgan fingerprint density at radius 2 is 1.68 bits per heavy atom. The number of para-hydroxylation sites is 1. The molecule has 0 radical (unpaired) electrons. The highest BCUT2D eigenvalue weighted by Gasteiger charge is 2.16. The number of ketones is 1. The molecular formula is C22H19NO5. The first-order chi connectivity index (χ1) is 13.3. The highest BCUT2D eigenvalue weighted by atomic mass is 16.4. The predicted molar refractivity (Wildman–Crippen MR) is 106 cm³/mol. The Morgan fingerprint density at radius 3 is 2.32 bits per heavy atom.